The van der Waals surface area contributed by atoms with Crippen molar-refractivity contribution in [1.29, 1.82) is 0 Å². The Morgan fingerprint density at radius 2 is 1.82 bits per heavy atom. The predicted octanol–water partition coefficient (Wildman–Crippen LogP) is 7.22. The Bertz CT molecular complexity index is 1480. The maximum atomic E-state index is 13.5. The van der Waals surface area contributed by atoms with Gasteiger partial charge in [0, 0.05) is 18.5 Å². The fourth-order valence-corrected chi connectivity index (χ4v) is 3.92. The van der Waals surface area contributed by atoms with E-state index in [-0.39, 0.29) is 50.6 Å². The van der Waals surface area contributed by atoms with Gasteiger partial charge in [-0.15, -0.1) is 0 Å². The highest BCUT2D eigenvalue weighted by Gasteiger charge is 2.33. The van der Waals surface area contributed by atoms with Crippen molar-refractivity contribution in [3.63, 3.8) is 0 Å². The maximum Gasteiger partial charge on any atom is 0.416 e. The Balaban J connectivity index is 2.15. The van der Waals surface area contributed by atoms with Gasteiger partial charge in [-0.25, -0.2) is 9.98 Å². The number of alkyl halides is 6. The van der Waals surface area contributed by atoms with Gasteiger partial charge in [-0.05, 0) is 32.7 Å². The highest BCUT2D eigenvalue weighted by Crippen LogP contribution is 2.36. The van der Waals surface area contributed by atoms with Crippen LogP contribution in [0.4, 0.5) is 38.0 Å². The summed E-state index contributed by atoms with van der Waals surface area (Å²) in [4.78, 5) is 24.5. The van der Waals surface area contributed by atoms with Crippen LogP contribution >= 0.6 is 23.2 Å². The first kappa shape index (κ1) is 30.8. The second-order valence-electron chi connectivity index (χ2n) is 7.89. The van der Waals surface area contributed by atoms with E-state index in [1.807, 2.05) is 0 Å². The molecule has 1 amide bonds. The minimum Gasteiger partial charge on any atom is -0.493 e. The number of hydrogen-bond donors (Lipinski definition) is 2. The van der Waals surface area contributed by atoms with Crippen molar-refractivity contribution in [2.75, 3.05) is 11.9 Å². The van der Waals surface area contributed by atoms with Crippen molar-refractivity contribution in [3.05, 3.63) is 63.7 Å². The first-order valence-corrected chi connectivity index (χ1v) is 12.0. The zero-order valence-electron chi connectivity index (χ0n) is 20.7. The lowest BCUT2D eigenvalue weighted by atomic mass is 10.1. The van der Waals surface area contributed by atoms with Gasteiger partial charge >= 0.3 is 12.4 Å². The molecule has 0 aliphatic carbocycles. The van der Waals surface area contributed by atoms with Crippen molar-refractivity contribution < 1.29 is 35.9 Å². The third-order valence-corrected chi connectivity index (χ3v) is 5.74. The number of nitrogens with zero attached hydrogens (tertiary/aromatic N) is 4. The molecule has 0 atom stereocenters. The van der Waals surface area contributed by atoms with Crippen molar-refractivity contribution in [3.8, 4) is 5.75 Å². The average molecular weight is 609 g/mol. The number of fused-ring (bicyclic) bond motifs is 1. The minimum absolute atomic E-state index is 0.00350. The van der Waals surface area contributed by atoms with Crippen LogP contribution in [0.2, 0.25) is 10.0 Å². The molecule has 0 radical (unpaired) electrons. The molecule has 3 rings (SSSR count). The van der Waals surface area contributed by atoms with Gasteiger partial charge in [-0.3, -0.25) is 9.78 Å². The Labute approximate surface area is 233 Å². The second-order valence-corrected chi connectivity index (χ2v) is 8.71. The second kappa shape index (κ2) is 12.2. The molecule has 8 nitrogen and oxygen atoms in total. The molecule has 0 saturated carbocycles. The number of anilines is 2. The van der Waals surface area contributed by atoms with E-state index < -0.39 is 36.2 Å². The molecule has 2 N–H and O–H groups in total. The van der Waals surface area contributed by atoms with Crippen molar-refractivity contribution in [2.24, 2.45) is 4.99 Å². The largest absolute Gasteiger partial charge is 0.493 e. The number of imidazole rings is 1. The van der Waals surface area contributed by atoms with Crippen LogP contribution in [0, 0.1) is 0 Å². The van der Waals surface area contributed by atoms with E-state index in [0.29, 0.717) is 6.08 Å². The summed E-state index contributed by atoms with van der Waals surface area (Å²) in [6.45, 7) is 4.41. The quantitative estimate of drug-likeness (QED) is 0.152. The first-order chi connectivity index (χ1) is 18.7. The number of aliphatic imine (C=N–C) groups is 1. The number of nitrogens with one attached hydrogen (secondary N) is 2. The number of allylic oxidation sites excluding steroid dienone is 3. The van der Waals surface area contributed by atoms with Crippen molar-refractivity contribution in [2.45, 2.75) is 32.7 Å². The molecular formula is C24H20Cl2F6N6O2. The van der Waals surface area contributed by atoms with Gasteiger partial charge in [0.2, 0.25) is 5.95 Å². The molecule has 2 aromatic heterocycles. The molecule has 0 spiro atoms. The van der Waals surface area contributed by atoms with Crippen LogP contribution < -0.4 is 15.4 Å². The van der Waals surface area contributed by atoms with Crippen LogP contribution in [0.25, 0.3) is 11.0 Å². The number of pyridine rings is 1. The number of ether oxygens (including phenoxy) is 1. The lowest BCUT2D eigenvalue weighted by Crippen LogP contribution is -2.24. The van der Waals surface area contributed by atoms with Gasteiger partial charge in [0.15, 0.2) is 0 Å². The molecule has 0 bridgehead atoms. The van der Waals surface area contributed by atoms with E-state index in [4.69, 9.17) is 27.9 Å². The van der Waals surface area contributed by atoms with E-state index in [2.05, 4.69) is 32.3 Å². The Morgan fingerprint density at radius 1 is 1.18 bits per heavy atom. The van der Waals surface area contributed by atoms with Crippen molar-refractivity contribution in [1.82, 2.24) is 19.9 Å². The summed E-state index contributed by atoms with van der Waals surface area (Å²) < 4.78 is 86.3. The van der Waals surface area contributed by atoms with Gasteiger partial charge in [-0.1, -0.05) is 29.3 Å². The number of carbonyl (C=O) groups is 1. The summed E-state index contributed by atoms with van der Waals surface area (Å²) in [5.74, 6) is -1.97. The van der Waals surface area contributed by atoms with Crippen molar-refractivity contribution >= 4 is 58.5 Å². The topological polar surface area (TPSA) is 93.4 Å². The van der Waals surface area contributed by atoms with Gasteiger partial charge in [-0.2, -0.15) is 26.3 Å². The molecule has 0 saturated heterocycles. The minimum atomic E-state index is -4.72. The molecule has 2 heterocycles. The molecule has 214 valence electrons. The number of halogens is 8. The first-order valence-electron chi connectivity index (χ1n) is 11.2. The third-order valence-electron chi connectivity index (χ3n) is 5.16. The molecule has 16 heteroatoms. The summed E-state index contributed by atoms with van der Waals surface area (Å²) >= 11 is 12.2. The summed E-state index contributed by atoms with van der Waals surface area (Å²) in [6.07, 6.45) is -5.61. The predicted molar refractivity (Wildman–Crippen MR) is 139 cm³/mol. The zero-order valence-corrected chi connectivity index (χ0v) is 22.2. The SMILES string of the molecule is C=N/C(=C\C(=C/C)C(F)(F)F)NC(=O)c1cc2nc(Nc3c(Cl)cncc3Cl)n(CC(F)(F)F)c2cc1OCC. The fraction of sp³-hybridized carbons (Fsp3) is 0.250. The van der Waals surface area contributed by atoms with E-state index in [0.717, 1.165) is 29.7 Å². The average Bonchev–Trinajstić information content (AvgIpc) is 3.17. The summed E-state index contributed by atoms with van der Waals surface area (Å²) in [5.41, 5.74) is -1.45. The van der Waals surface area contributed by atoms with E-state index in [1.165, 1.54) is 12.4 Å². The van der Waals surface area contributed by atoms with Crippen LogP contribution in [0.3, 0.4) is 0 Å². The lowest BCUT2D eigenvalue weighted by Gasteiger charge is -2.15. The third kappa shape index (κ3) is 7.24. The van der Waals surface area contributed by atoms with E-state index in [9.17, 15) is 31.1 Å². The van der Waals surface area contributed by atoms with Gasteiger partial charge < -0.3 is 19.9 Å². The molecule has 0 fully saturated rings. The molecule has 40 heavy (non-hydrogen) atoms. The summed E-state index contributed by atoms with van der Waals surface area (Å²) in [6, 6.07) is 2.29. The molecular weight excluding hydrogens is 589 g/mol. The highest BCUT2D eigenvalue weighted by atomic mass is 35.5. The zero-order chi connectivity index (χ0) is 29.8. The lowest BCUT2D eigenvalue weighted by molar-refractivity contribution is -0.139. The Morgan fingerprint density at radius 3 is 2.35 bits per heavy atom. The highest BCUT2D eigenvalue weighted by molar-refractivity contribution is 6.39. The van der Waals surface area contributed by atoms with Gasteiger partial charge in [0.25, 0.3) is 5.91 Å². The van der Waals surface area contributed by atoms with Crippen LogP contribution in [0.1, 0.15) is 24.2 Å². The number of hydrogen-bond acceptors (Lipinski definition) is 6. The normalized spacial score (nSPS) is 12.9. The van der Waals surface area contributed by atoms with Crippen LogP contribution in [0.15, 0.2) is 53.1 Å². The fourth-order valence-electron chi connectivity index (χ4n) is 3.46. The summed E-state index contributed by atoms with van der Waals surface area (Å²) in [7, 11) is 0. The number of aromatic nitrogens is 3. The molecule has 0 aliphatic heterocycles. The smallest absolute Gasteiger partial charge is 0.416 e. The monoisotopic (exact) mass is 608 g/mol. The molecule has 0 aliphatic rings. The number of benzene rings is 1. The Kier molecular flexibility index (Phi) is 9.36. The summed E-state index contributed by atoms with van der Waals surface area (Å²) in [5, 5.41) is 4.87. The standard InChI is InChI=1S/C24H20Cl2F6N6O2/c1-4-12(24(30,31)32)6-19(33-3)36-21(39)13-7-16-17(8-18(13)40-5-2)38(11-23(27,28)29)22(35-16)37-20-14(25)9-34-10-15(20)26/h4,6-10H,3,5,11H2,1-2H3,(H,36,39)(H,34,35,37)/b12-4+,19-6+. The van der Waals surface area contributed by atoms with Crippen LogP contribution in [0.5, 0.6) is 5.75 Å². The van der Waals surface area contributed by atoms with Gasteiger partial charge in [0.1, 0.15) is 18.1 Å². The maximum absolute atomic E-state index is 13.5. The molecule has 1 aromatic carbocycles. The van der Waals surface area contributed by atoms with E-state index >= 15 is 0 Å². The Hall–Kier alpha value is -3.78. The van der Waals surface area contributed by atoms with Crippen LogP contribution in [-0.4, -0.2) is 46.1 Å². The molecule has 0 unspecified atom stereocenters. The van der Waals surface area contributed by atoms with Gasteiger partial charge in [0.05, 0.1) is 44.5 Å². The number of rotatable bonds is 9. The number of amides is 1. The van der Waals surface area contributed by atoms with Crippen LogP contribution in [-0.2, 0) is 6.54 Å². The number of carbonyl (C=O) groups excluding carboxylic acids is 1. The molecule has 3 aromatic rings. The van der Waals surface area contributed by atoms with E-state index in [1.54, 1.807) is 6.92 Å².